The van der Waals surface area contributed by atoms with Gasteiger partial charge in [0.15, 0.2) is 11.6 Å². The van der Waals surface area contributed by atoms with Crippen molar-refractivity contribution in [3.8, 4) is 0 Å². The highest BCUT2D eigenvalue weighted by molar-refractivity contribution is 7.99. The zero-order valence-corrected chi connectivity index (χ0v) is 13.5. The lowest BCUT2D eigenvalue weighted by molar-refractivity contribution is -0.119. The molecule has 6 heteroatoms. The van der Waals surface area contributed by atoms with E-state index in [0.717, 1.165) is 32.4 Å². The van der Waals surface area contributed by atoms with Crippen LogP contribution in [0.4, 0.5) is 20.2 Å². The van der Waals surface area contributed by atoms with Gasteiger partial charge in [0, 0.05) is 31.3 Å². The maximum absolute atomic E-state index is 14.5. The van der Waals surface area contributed by atoms with Crippen LogP contribution in [0.25, 0.3) is 0 Å². The quantitative estimate of drug-likeness (QED) is 0.850. The van der Waals surface area contributed by atoms with Crippen LogP contribution in [-0.2, 0) is 4.79 Å². The molecule has 0 bridgehead atoms. The molecule has 1 atom stereocenters. The summed E-state index contributed by atoms with van der Waals surface area (Å²) >= 11 is 1.76. The Hall–Kier alpha value is -1.30. The molecular weight excluding hydrogens is 306 g/mol. The second-order valence-electron chi connectivity index (χ2n) is 5.83. The highest BCUT2D eigenvalue weighted by atomic mass is 32.2. The molecule has 1 aromatic carbocycles. The lowest BCUT2D eigenvalue weighted by Crippen LogP contribution is -2.36. The zero-order chi connectivity index (χ0) is 15.7. The molecule has 0 N–H and O–H groups in total. The van der Waals surface area contributed by atoms with Crippen molar-refractivity contribution in [2.45, 2.75) is 30.9 Å². The maximum Gasteiger partial charge on any atom is 0.227 e. The van der Waals surface area contributed by atoms with E-state index in [1.807, 2.05) is 11.2 Å². The molecule has 1 amide bonds. The Kier molecular flexibility index (Phi) is 4.57. The van der Waals surface area contributed by atoms with E-state index in [9.17, 15) is 13.6 Å². The molecule has 2 heterocycles. The summed E-state index contributed by atoms with van der Waals surface area (Å²) in [7, 11) is 0. The molecule has 2 aliphatic heterocycles. The van der Waals surface area contributed by atoms with Crippen LogP contribution >= 0.6 is 11.8 Å². The van der Waals surface area contributed by atoms with Gasteiger partial charge in [0.25, 0.3) is 0 Å². The molecule has 0 spiro atoms. The minimum absolute atomic E-state index is 0.0755. The van der Waals surface area contributed by atoms with E-state index < -0.39 is 11.6 Å². The van der Waals surface area contributed by atoms with Gasteiger partial charge in [0.1, 0.15) is 0 Å². The van der Waals surface area contributed by atoms with E-state index in [2.05, 4.69) is 0 Å². The lowest BCUT2D eigenvalue weighted by Gasteiger charge is -2.28. The first-order valence-electron chi connectivity index (χ1n) is 7.68. The summed E-state index contributed by atoms with van der Waals surface area (Å²) in [5.74, 6) is -1.86. The molecule has 2 aliphatic rings. The number of nitrogens with zero attached hydrogens (tertiary/aromatic N) is 2. The number of piperidine rings is 1. The SMILES string of the molecule is CSC1CCN(c2ccc(N3CCCCC3=O)c(F)c2F)C1. The minimum atomic E-state index is -0.902. The van der Waals surface area contributed by atoms with E-state index in [1.165, 1.54) is 4.90 Å². The van der Waals surface area contributed by atoms with Crippen LogP contribution < -0.4 is 9.80 Å². The first-order valence-corrected chi connectivity index (χ1v) is 8.96. The van der Waals surface area contributed by atoms with Crippen LogP contribution in [0.1, 0.15) is 25.7 Å². The molecule has 0 aliphatic carbocycles. The molecular formula is C16H20F2N2OS. The molecule has 3 rings (SSSR count). The number of rotatable bonds is 3. The number of benzene rings is 1. The first kappa shape index (κ1) is 15.6. The van der Waals surface area contributed by atoms with Gasteiger partial charge in [-0.25, -0.2) is 8.78 Å². The standard InChI is InChI=1S/C16H20F2N2OS/c1-22-11-7-9-19(10-11)12-5-6-13(16(18)15(12)17)20-8-3-2-4-14(20)21/h5-6,11H,2-4,7-10H2,1H3. The van der Waals surface area contributed by atoms with Crippen LogP contribution in [0.2, 0.25) is 0 Å². The van der Waals surface area contributed by atoms with Crippen LogP contribution in [0.15, 0.2) is 12.1 Å². The molecule has 3 nitrogen and oxygen atoms in total. The van der Waals surface area contributed by atoms with Crippen LogP contribution in [0.3, 0.4) is 0 Å². The summed E-state index contributed by atoms with van der Waals surface area (Å²) in [5.41, 5.74) is 0.383. The fourth-order valence-electron chi connectivity index (χ4n) is 3.18. The molecule has 1 unspecified atom stereocenters. The van der Waals surface area contributed by atoms with Crippen LogP contribution in [0.5, 0.6) is 0 Å². The highest BCUT2D eigenvalue weighted by Crippen LogP contribution is 2.33. The Morgan fingerprint density at radius 2 is 1.86 bits per heavy atom. The molecule has 22 heavy (non-hydrogen) atoms. The Bertz CT molecular complexity index is 582. The number of amides is 1. The molecule has 2 saturated heterocycles. The van der Waals surface area contributed by atoms with Crippen molar-refractivity contribution in [2.24, 2.45) is 0 Å². The van der Waals surface area contributed by atoms with Gasteiger partial charge in [-0.1, -0.05) is 0 Å². The summed E-state index contributed by atoms with van der Waals surface area (Å²) < 4.78 is 28.9. The van der Waals surface area contributed by atoms with Crippen molar-refractivity contribution in [1.29, 1.82) is 0 Å². The van der Waals surface area contributed by atoms with E-state index >= 15 is 0 Å². The van der Waals surface area contributed by atoms with Gasteiger partial charge >= 0.3 is 0 Å². The summed E-state index contributed by atoms with van der Waals surface area (Å²) in [6.45, 7) is 1.94. The number of thioether (sulfide) groups is 1. The molecule has 120 valence electrons. The lowest BCUT2D eigenvalue weighted by atomic mass is 10.1. The normalized spacial score (nSPS) is 22.5. The zero-order valence-electron chi connectivity index (χ0n) is 12.6. The van der Waals surface area contributed by atoms with Crippen molar-refractivity contribution in [3.63, 3.8) is 0 Å². The third-order valence-electron chi connectivity index (χ3n) is 4.47. The van der Waals surface area contributed by atoms with Crippen molar-refractivity contribution in [1.82, 2.24) is 0 Å². The second kappa shape index (κ2) is 6.44. The van der Waals surface area contributed by atoms with Gasteiger partial charge < -0.3 is 9.80 Å². The topological polar surface area (TPSA) is 23.6 Å². The van der Waals surface area contributed by atoms with E-state index in [1.54, 1.807) is 23.9 Å². The van der Waals surface area contributed by atoms with Crippen molar-refractivity contribution < 1.29 is 13.6 Å². The highest BCUT2D eigenvalue weighted by Gasteiger charge is 2.29. The fourth-order valence-corrected chi connectivity index (χ4v) is 3.85. The average molecular weight is 326 g/mol. The summed E-state index contributed by atoms with van der Waals surface area (Å²) in [6.07, 6.45) is 5.08. The maximum atomic E-state index is 14.5. The first-order chi connectivity index (χ1) is 10.6. The fraction of sp³-hybridized carbons (Fsp3) is 0.562. The van der Waals surface area contributed by atoms with Crippen molar-refractivity contribution >= 4 is 29.0 Å². The Labute approximate surface area is 133 Å². The van der Waals surface area contributed by atoms with Gasteiger partial charge in [-0.2, -0.15) is 11.8 Å². The third-order valence-corrected chi connectivity index (χ3v) is 5.53. The number of halogens is 2. The summed E-state index contributed by atoms with van der Waals surface area (Å²) in [6, 6.07) is 3.15. The third kappa shape index (κ3) is 2.81. The van der Waals surface area contributed by atoms with Gasteiger partial charge in [-0.15, -0.1) is 0 Å². The van der Waals surface area contributed by atoms with Gasteiger partial charge in [0.05, 0.1) is 11.4 Å². The minimum Gasteiger partial charge on any atom is -0.368 e. The largest absolute Gasteiger partial charge is 0.368 e. The number of hydrogen-bond acceptors (Lipinski definition) is 3. The average Bonchev–Trinajstić information content (AvgIpc) is 3.00. The van der Waals surface area contributed by atoms with E-state index in [-0.39, 0.29) is 11.6 Å². The van der Waals surface area contributed by atoms with Crippen molar-refractivity contribution in [2.75, 3.05) is 35.7 Å². The van der Waals surface area contributed by atoms with Crippen LogP contribution in [0, 0.1) is 11.6 Å². The predicted molar refractivity (Wildman–Crippen MR) is 86.7 cm³/mol. The molecule has 0 aromatic heterocycles. The number of hydrogen-bond donors (Lipinski definition) is 0. The van der Waals surface area contributed by atoms with Gasteiger partial charge in [-0.05, 0) is 37.7 Å². The monoisotopic (exact) mass is 326 g/mol. The van der Waals surface area contributed by atoms with Crippen molar-refractivity contribution in [3.05, 3.63) is 23.8 Å². The van der Waals surface area contributed by atoms with E-state index in [0.29, 0.717) is 23.9 Å². The predicted octanol–water partition coefficient (Wildman–Crippen LogP) is 3.42. The van der Waals surface area contributed by atoms with Gasteiger partial charge in [0.2, 0.25) is 5.91 Å². The molecule has 0 radical (unpaired) electrons. The Morgan fingerprint density at radius 1 is 1.14 bits per heavy atom. The smallest absolute Gasteiger partial charge is 0.227 e. The number of carbonyl (C=O) groups excluding carboxylic acids is 1. The second-order valence-corrected chi connectivity index (χ2v) is 6.96. The van der Waals surface area contributed by atoms with E-state index in [4.69, 9.17) is 0 Å². The number of carbonyl (C=O) groups is 1. The summed E-state index contributed by atoms with van der Waals surface area (Å²) in [4.78, 5) is 15.2. The molecule has 0 saturated carbocycles. The van der Waals surface area contributed by atoms with Gasteiger partial charge in [-0.3, -0.25) is 4.79 Å². The molecule has 2 fully saturated rings. The Balaban J connectivity index is 1.87. The number of anilines is 2. The van der Waals surface area contributed by atoms with Crippen LogP contribution in [-0.4, -0.2) is 37.0 Å². The Morgan fingerprint density at radius 3 is 2.55 bits per heavy atom. The summed E-state index contributed by atoms with van der Waals surface area (Å²) in [5, 5.41) is 0.464. The molecule has 1 aromatic rings.